The zero-order valence-corrected chi connectivity index (χ0v) is 12.2. The van der Waals surface area contributed by atoms with Crippen molar-refractivity contribution in [1.29, 1.82) is 0 Å². The summed E-state index contributed by atoms with van der Waals surface area (Å²) in [5.41, 5.74) is 7.50. The molecule has 1 aromatic rings. The van der Waals surface area contributed by atoms with E-state index in [0.29, 0.717) is 0 Å². The van der Waals surface area contributed by atoms with Crippen molar-refractivity contribution in [2.24, 2.45) is 5.73 Å². The molecule has 2 aliphatic heterocycles. The fourth-order valence-corrected chi connectivity index (χ4v) is 4.92. The highest BCUT2D eigenvalue weighted by Crippen LogP contribution is 2.37. The van der Waals surface area contributed by atoms with E-state index in [1.54, 1.807) is 0 Å². The molecule has 2 fully saturated rings. The molecule has 0 saturated carbocycles. The number of nitrogens with two attached hydrogens (primary N) is 1. The second-order valence-electron chi connectivity index (χ2n) is 6.08. The molecule has 0 radical (unpaired) electrons. The van der Waals surface area contributed by atoms with Gasteiger partial charge in [-0.1, -0.05) is 11.3 Å². The molecule has 104 valence electrons. The van der Waals surface area contributed by atoms with Gasteiger partial charge in [-0.25, -0.2) is 4.98 Å². The molecular weight excluding hydrogens is 256 g/mol. The summed E-state index contributed by atoms with van der Waals surface area (Å²) in [6, 6.07) is 1.01. The Labute approximate surface area is 118 Å². The lowest BCUT2D eigenvalue weighted by molar-refractivity contribution is 0.231. The maximum Gasteiger partial charge on any atom is 0.185 e. The fraction of sp³-hybridized carbons (Fsp3) is 0.786. The average molecular weight is 278 g/mol. The van der Waals surface area contributed by atoms with Crippen LogP contribution in [0.15, 0.2) is 0 Å². The predicted molar refractivity (Wildman–Crippen MR) is 78.8 cm³/mol. The van der Waals surface area contributed by atoms with Crippen LogP contribution in [0.3, 0.4) is 0 Å². The van der Waals surface area contributed by atoms with Gasteiger partial charge in [0.15, 0.2) is 5.13 Å². The van der Waals surface area contributed by atoms with Crippen molar-refractivity contribution < 1.29 is 0 Å². The van der Waals surface area contributed by atoms with Crippen molar-refractivity contribution in [3.8, 4) is 0 Å². The van der Waals surface area contributed by atoms with E-state index in [9.17, 15) is 0 Å². The lowest BCUT2D eigenvalue weighted by atomic mass is 9.99. The van der Waals surface area contributed by atoms with Crippen LogP contribution >= 0.6 is 11.3 Å². The highest BCUT2D eigenvalue weighted by atomic mass is 32.1. The highest BCUT2D eigenvalue weighted by molar-refractivity contribution is 7.15. The summed E-state index contributed by atoms with van der Waals surface area (Å²) in [5, 5.41) is 1.23. The summed E-state index contributed by atoms with van der Waals surface area (Å²) in [6.45, 7) is 4.82. The van der Waals surface area contributed by atoms with Crippen molar-refractivity contribution in [3.63, 3.8) is 0 Å². The van der Waals surface area contributed by atoms with E-state index in [2.05, 4.69) is 9.80 Å². The van der Waals surface area contributed by atoms with Crippen LogP contribution in [0.4, 0.5) is 5.13 Å². The third-order valence-electron chi connectivity index (χ3n) is 4.84. The second-order valence-corrected chi connectivity index (χ2v) is 7.09. The quantitative estimate of drug-likeness (QED) is 0.850. The third-order valence-corrected chi connectivity index (χ3v) is 6.13. The van der Waals surface area contributed by atoms with Crippen LogP contribution in [-0.4, -0.2) is 42.1 Å². The summed E-state index contributed by atoms with van der Waals surface area (Å²) in [6.07, 6.45) is 6.19. The minimum Gasteiger partial charge on any atom is -0.345 e. The standard InChI is InChI=1S/C14H22N4S/c15-11-4-1-5-12-13(11)19-14(16-12)18-8-7-17-6-2-3-10(17)9-18/h10-11H,1-9,15H2. The van der Waals surface area contributed by atoms with Gasteiger partial charge in [-0.05, 0) is 38.6 Å². The Morgan fingerprint density at radius 2 is 2.11 bits per heavy atom. The van der Waals surface area contributed by atoms with Crippen LogP contribution in [0.2, 0.25) is 0 Å². The molecule has 0 bridgehead atoms. The van der Waals surface area contributed by atoms with Crippen LogP contribution in [0.1, 0.15) is 42.3 Å². The van der Waals surface area contributed by atoms with E-state index in [4.69, 9.17) is 10.7 Å². The molecule has 1 aliphatic carbocycles. The number of anilines is 1. The molecule has 3 aliphatic rings. The molecule has 4 nitrogen and oxygen atoms in total. The molecule has 2 N–H and O–H groups in total. The van der Waals surface area contributed by atoms with Crippen LogP contribution in [0, 0.1) is 0 Å². The Morgan fingerprint density at radius 1 is 1.16 bits per heavy atom. The van der Waals surface area contributed by atoms with Crippen LogP contribution in [-0.2, 0) is 6.42 Å². The van der Waals surface area contributed by atoms with Crippen molar-refractivity contribution in [2.45, 2.75) is 44.2 Å². The normalized spacial score (nSPS) is 31.3. The number of rotatable bonds is 1. The first-order valence-electron chi connectivity index (χ1n) is 7.55. The van der Waals surface area contributed by atoms with Gasteiger partial charge in [0, 0.05) is 36.6 Å². The van der Waals surface area contributed by atoms with Crippen LogP contribution in [0.25, 0.3) is 0 Å². The monoisotopic (exact) mass is 278 g/mol. The number of hydrogen-bond donors (Lipinski definition) is 1. The summed E-state index contributed by atoms with van der Waals surface area (Å²) in [4.78, 5) is 11.4. The van der Waals surface area contributed by atoms with E-state index in [-0.39, 0.29) is 6.04 Å². The molecule has 2 unspecified atom stereocenters. The van der Waals surface area contributed by atoms with Gasteiger partial charge >= 0.3 is 0 Å². The van der Waals surface area contributed by atoms with Gasteiger partial charge in [0.1, 0.15) is 0 Å². The maximum absolute atomic E-state index is 6.22. The summed E-state index contributed by atoms with van der Waals surface area (Å²) < 4.78 is 0. The molecule has 5 heteroatoms. The SMILES string of the molecule is NC1CCCc2nc(N3CCN4CCCC4C3)sc21. The van der Waals surface area contributed by atoms with Gasteiger partial charge in [0.25, 0.3) is 0 Å². The van der Waals surface area contributed by atoms with Gasteiger partial charge in [-0.2, -0.15) is 0 Å². The molecule has 3 heterocycles. The third kappa shape index (κ3) is 2.08. The number of thiazole rings is 1. The molecule has 2 atom stereocenters. The molecule has 0 amide bonds. The van der Waals surface area contributed by atoms with E-state index < -0.39 is 0 Å². The van der Waals surface area contributed by atoms with Gasteiger partial charge in [-0.3, -0.25) is 4.90 Å². The number of piperazine rings is 1. The molecule has 0 spiro atoms. The van der Waals surface area contributed by atoms with Crippen molar-refractivity contribution >= 4 is 16.5 Å². The van der Waals surface area contributed by atoms with Crippen molar-refractivity contribution in [3.05, 3.63) is 10.6 Å². The lowest BCUT2D eigenvalue weighted by Gasteiger charge is -2.37. The molecule has 4 rings (SSSR count). The number of aromatic nitrogens is 1. The van der Waals surface area contributed by atoms with Crippen LogP contribution in [0.5, 0.6) is 0 Å². The van der Waals surface area contributed by atoms with E-state index >= 15 is 0 Å². The van der Waals surface area contributed by atoms with Crippen LogP contribution < -0.4 is 10.6 Å². The maximum atomic E-state index is 6.22. The minimum absolute atomic E-state index is 0.239. The Morgan fingerprint density at radius 3 is 3.00 bits per heavy atom. The zero-order valence-electron chi connectivity index (χ0n) is 11.3. The Bertz CT molecular complexity index is 472. The lowest BCUT2D eigenvalue weighted by Crippen LogP contribution is -2.50. The first-order chi connectivity index (χ1) is 9.31. The summed E-state index contributed by atoms with van der Waals surface area (Å²) in [5.74, 6) is 0. The fourth-order valence-electron chi connectivity index (χ4n) is 3.74. The average Bonchev–Trinajstić information content (AvgIpc) is 3.04. The Balaban J connectivity index is 1.56. The largest absolute Gasteiger partial charge is 0.345 e. The summed E-state index contributed by atoms with van der Waals surface area (Å²) in [7, 11) is 0. The molecular formula is C14H22N4S. The topological polar surface area (TPSA) is 45.4 Å². The number of fused-ring (bicyclic) bond motifs is 2. The number of aryl methyl sites for hydroxylation is 1. The van der Waals surface area contributed by atoms with Gasteiger partial charge in [0.2, 0.25) is 0 Å². The van der Waals surface area contributed by atoms with Crippen molar-refractivity contribution in [2.75, 3.05) is 31.1 Å². The predicted octanol–water partition coefficient (Wildman–Crippen LogP) is 1.76. The van der Waals surface area contributed by atoms with Gasteiger partial charge < -0.3 is 10.6 Å². The van der Waals surface area contributed by atoms with E-state index in [1.807, 2.05) is 11.3 Å². The first kappa shape index (κ1) is 12.1. The Kier molecular flexibility index (Phi) is 3.01. The number of nitrogens with zero attached hydrogens (tertiary/aromatic N) is 3. The van der Waals surface area contributed by atoms with Gasteiger partial charge in [-0.15, -0.1) is 0 Å². The number of hydrogen-bond acceptors (Lipinski definition) is 5. The zero-order chi connectivity index (χ0) is 12.8. The molecule has 1 aromatic heterocycles. The first-order valence-corrected chi connectivity index (χ1v) is 8.37. The molecule has 0 aromatic carbocycles. The highest BCUT2D eigenvalue weighted by Gasteiger charge is 2.32. The minimum atomic E-state index is 0.239. The van der Waals surface area contributed by atoms with Crippen molar-refractivity contribution in [1.82, 2.24) is 9.88 Å². The smallest absolute Gasteiger partial charge is 0.185 e. The van der Waals surface area contributed by atoms with Gasteiger partial charge in [0.05, 0.1) is 5.69 Å². The summed E-state index contributed by atoms with van der Waals surface area (Å²) >= 11 is 1.86. The Hall–Kier alpha value is -0.650. The second kappa shape index (κ2) is 4.72. The molecule has 2 saturated heterocycles. The van der Waals surface area contributed by atoms with E-state index in [0.717, 1.165) is 25.4 Å². The van der Waals surface area contributed by atoms with E-state index in [1.165, 1.54) is 54.6 Å². The molecule has 19 heavy (non-hydrogen) atoms.